The number of nitrogens with zero attached hydrogens (tertiary/aromatic N) is 3. The molecule has 132 valence electrons. The first-order valence-electron chi connectivity index (χ1n) is 8.43. The molecule has 7 heteroatoms. The smallest absolute Gasteiger partial charge is 0.317 e. The van der Waals surface area contributed by atoms with Crippen molar-refractivity contribution in [1.82, 2.24) is 20.1 Å². The maximum Gasteiger partial charge on any atom is 0.317 e. The van der Waals surface area contributed by atoms with Crippen LogP contribution in [-0.2, 0) is 0 Å². The van der Waals surface area contributed by atoms with Crippen LogP contribution in [0.3, 0.4) is 0 Å². The summed E-state index contributed by atoms with van der Waals surface area (Å²) in [4.78, 5) is 32.5. The van der Waals surface area contributed by atoms with Crippen molar-refractivity contribution in [3.8, 4) is 10.6 Å². The molecule has 1 saturated heterocycles. The maximum atomic E-state index is 12.7. The van der Waals surface area contributed by atoms with Crippen molar-refractivity contribution in [2.75, 3.05) is 32.7 Å². The minimum atomic E-state index is -0.0649. The van der Waals surface area contributed by atoms with Crippen LogP contribution in [0.15, 0.2) is 29.6 Å². The topological polar surface area (TPSA) is 65.5 Å². The predicted molar refractivity (Wildman–Crippen MR) is 98.8 cm³/mol. The number of piperazine rings is 1. The number of hydrogen-bond donors (Lipinski definition) is 1. The van der Waals surface area contributed by atoms with Crippen molar-refractivity contribution in [2.45, 2.75) is 13.8 Å². The van der Waals surface area contributed by atoms with Crippen LogP contribution < -0.4 is 5.32 Å². The van der Waals surface area contributed by atoms with Crippen LogP contribution in [0.1, 0.15) is 23.0 Å². The van der Waals surface area contributed by atoms with Gasteiger partial charge in [0.05, 0.1) is 0 Å². The summed E-state index contributed by atoms with van der Waals surface area (Å²) < 4.78 is 0. The van der Waals surface area contributed by atoms with Crippen LogP contribution in [-0.4, -0.2) is 59.4 Å². The number of carbonyl (C=O) groups is 2. The van der Waals surface area contributed by atoms with E-state index in [1.54, 1.807) is 9.80 Å². The maximum absolute atomic E-state index is 12.7. The van der Waals surface area contributed by atoms with E-state index in [1.165, 1.54) is 16.9 Å². The monoisotopic (exact) mass is 358 g/mol. The zero-order valence-corrected chi connectivity index (χ0v) is 15.3. The summed E-state index contributed by atoms with van der Waals surface area (Å²) in [5.74, 6) is -0.0647. The van der Waals surface area contributed by atoms with Crippen LogP contribution in [0.5, 0.6) is 0 Å². The zero-order chi connectivity index (χ0) is 17.8. The molecule has 0 atom stereocenters. The molecule has 6 nitrogen and oxygen atoms in total. The lowest BCUT2D eigenvalue weighted by atomic mass is 10.2. The molecular weight excluding hydrogens is 336 g/mol. The molecule has 1 aromatic heterocycles. The van der Waals surface area contributed by atoms with E-state index in [1.807, 2.05) is 43.5 Å². The van der Waals surface area contributed by atoms with Crippen molar-refractivity contribution in [2.24, 2.45) is 0 Å². The molecule has 0 aliphatic carbocycles. The minimum Gasteiger partial charge on any atom is -0.338 e. The fourth-order valence-corrected chi connectivity index (χ4v) is 3.54. The Morgan fingerprint density at radius 1 is 1.12 bits per heavy atom. The summed E-state index contributed by atoms with van der Waals surface area (Å²) in [7, 11) is 0. The van der Waals surface area contributed by atoms with Crippen molar-refractivity contribution in [3.05, 3.63) is 40.9 Å². The van der Waals surface area contributed by atoms with Gasteiger partial charge in [0.15, 0.2) is 0 Å². The van der Waals surface area contributed by atoms with Gasteiger partial charge in [0.1, 0.15) is 10.7 Å². The largest absolute Gasteiger partial charge is 0.338 e. The highest BCUT2D eigenvalue weighted by Gasteiger charge is 2.26. The number of carbonyl (C=O) groups excluding carboxylic acids is 2. The number of aromatic nitrogens is 1. The van der Waals surface area contributed by atoms with Crippen LogP contribution in [0.4, 0.5) is 4.79 Å². The Balaban J connectivity index is 1.63. The van der Waals surface area contributed by atoms with Gasteiger partial charge in [-0.2, -0.15) is 0 Å². The standard InChI is InChI=1S/C18H22N4O2S/c1-3-19-18(24)22-10-8-21(9-11-22)17(23)15-12-25-16(20-15)14-6-4-13(2)5-7-14/h4-7,12H,3,8-11H2,1-2H3,(H,19,24). The highest BCUT2D eigenvalue weighted by atomic mass is 32.1. The molecule has 0 saturated carbocycles. The number of nitrogens with one attached hydrogen (secondary N) is 1. The first kappa shape index (κ1) is 17.4. The number of hydrogen-bond acceptors (Lipinski definition) is 4. The molecule has 1 N–H and O–H groups in total. The summed E-state index contributed by atoms with van der Waals surface area (Å²) in [5, 5.41) is 5.45. The van der Waals surface area contributed by atoms with Crippen molar-refractivity contribution in [1.29, 1.82) is 0 Å². The van der Waals surface area contributed by atoms with Gasteiger partial charge in [0.25, 0.3) is 5.91 Å². The van der Waals surface area contributed by atoms with Gasteiger partial charge >= 0.3 is 6.03 Å². The molecule has 0 bridgehead atoms. The van der Waals surface area contributed by atoms with Crippen LogP contribution in [0.2, 0.25) is 0 Å². The average molecular weight is 358 g/mol. The van der Waals surface area contributed by atoms with Gasteiger partial charge in [-0.05, 0) is 13.8 Å². The summed E-state index contributed by atoms with van der Waals surface area (Å²) in [6.45, 7) is 6.71. The molecule has 1 fully saturated rings. The van der Waals surface area contributed by atoms with E-state index >= 15 is 0 Å². The van der Waals surface area contributed by atoms with Gasteiger partial charge in [-0.3, -0.25) is 4.79 Å². The number of rotatable bonds is 3. The fraction of sp³-hybridized carbons (Fsp3) is 0.389. The molecular formula is C18H22N4O2S. The van der Waals surface area contributed by atoms with Gasteiger partial charge in [0, 0.05) is 43.7 Å². The molecule has 3 rings (SSSR count). The van der Waals surface area contributed by atoms with Crippen molar-refractivity contribution >= 4 is 23.3 Å². The average Bonchev–Trinajstić information content (AvgIpc) is 3.12. The van der Waals surface area contributed by atoms with E-state index in [0.29, 0.717) is 38.4 Å². The second-order valence-electron chi connectivity index (χ2n) is 6.02. The highest BCUT2D eigenvalue weighted by molar-refractivity contribution is 7.13. The molecule has 0 radical (unpaired) electrons. The third kappa shape index (κ3) is 3.99. The molecule has 0 unspecified atom stereocenters. The molecule has 2 heterocycles. The zero-order valence-electron chi connectivity index (χ0n) is 14.5. The van der Waals surface area contributed by atoms with Crippen molar-refractivity contribution < 1.29 is 9.59 Å². The van der Waals surface area contributed by atoms with E-state index in [9.17, 15) is 9.59 Å². The Kier molecular flexibility index (Phi) is 5.33. The number of urea groups is 1. The van der Waals surface area contributed by atoms with E-state index in [4.69, 9.17) is 0 Å². The quantitative estimate of drug-likeness (QED) is 0.917. The second-order valence-corrected chi connectivity index (χ2v) is 6.88. The first-order valence-corrected chi connectivity index (χ1v) is 9.31. The Morgan fingerprint density at radius 2 is 1.76 bits per heavy atom. The van der Waals surface area contributed by atoms with Crippen LogP contribution >= 0.6 is 11.3 Å². The molecule has 1 aliphatic rings. The SMILES string of the molecule is CCNC(=O)N1CCN(C(=O)c2csc(-c3ccc(C)cc3)n2)CC1. The normalized spacial score (nSPS) is 14.5. The molecule has 25 heavy (non-hydrogen) atoms. The van der Waals surface area contributed by atoms with E-state index in [2.05, 4.69) is 10.3 Å². The van der Waals surface area contributed by atoms with Crippen LogP contribution in [0.25, 0.3) is 10.6 Å². The fourth-order valence-electron chi connectivity index (χ4n) is 2.74. The van der Waals surface area contributed by atoms with Crippen molar-refractivity contribution in [3.63, 3.8) is 0 Å². The molecule has 3 amide bonds. The third-order valence-corrected chi connectivity index (χ3v) is 5.10. The van der Waals surface area contributed by atoms with E-state index in [-0.39, 0.29) is 11.9 Å². The lowest BCUT2D eigenvalue weighted by Crippen LogP contribution is -2.53. The molecule has 1 aliphatic heterocycles. The number of benzene rings is 1. The van der Waals surface area contributed by atoms with Gasteiger partial charge in [0.2, 0.25) is 0 Å². The van der Waals surface area contributed by atoms with Gasteiger partial charge in [-0.1, -0.05) is 29.8 Å². The predicted octanol–water partition coefficient (Wildman–Crippen LogP) is 2.61. The lowest BCUT2D eigenvalue weighted by molar-refractivity contribution is 0.0660. The summed E-state index contributed by atoms with van der Waals surface area (Å²) in [5.41, 5.74) is 2.70. The number of thiazole rings is 1. The minimum absolute atomic E-state index is 0.0647. The van der Waals surface area contributed by atoms with Crippen LogP contribution in [0, 0.1) is 6.92 Å². The number of amides is 3. The van der Waals surface area contributed by atoms with Gasteiger partial charge < -0.3 is 15.1 Å². The summed E-state index contributed by atoms with van der Waals surface area (Å²) in [6, 6.07) is 8.06. The first-order chi connectivity index (χ1) is 12.1. The lowest BCUT2D eigenvalue weighted by Gasteiger charge is -2.34. The Hall–Kier alpha value is -2.41. The summed E-state index contributed by atoms with van der Waals surface area (Å²) in [6.07, 6.45) is 0. The molecule has 1 aromatic carbocycles. The number of aryl methyl sites for hydroxylation is 1. The molecule has 2 aromatic rings. The Labute approximate surface area is 151 Å². The Bertz CT molecular complexity index is 749. The van der Waals surface area contributed by atoms with E-state index < -0.39 is 0 Å². The Morgan fingerprint density at radius 3 is 2.40 bits per heavy atom. The third-order valence-electron chi connectivity index (χ3n) is 4.20. The van der Waals surface area contributed by atoms with E-state index in [0.717, 1.165) is 10.6 Å². The second kappa shape index (κ2) is 7.65. The summed E-state index contributed by atoms with van der Waals surface area (Å²) >= 11 is 1.48. The van der Waals surface area contributed by atoms with Gasteiger partial charge in [-0.15, -0.1) is 11.3 Å². The highest BCUT2D eigenvalue weighted by Crippen LogP contribution is 2.24. The van der Waals surface area contributed by atoms with Gasteiger partial charge in [-0.25, -0.2) is 9.78 Å². The molecule has 0 spiro atoms.